The Morgan fingerprint density at radius 1 is 1.18 bits per heavy atom. The molecular formula is C22H26IN8O2P. The number of aromatic nitrogens is 6. The monoisotopic (exact) mass is 592 g/mol. The zero-order chi connectivity index (χ0) is 23.9. The van der Waals surface area contributed by atoms with Crippen molar-refractivity contribution < 1.29 is 9.53 Å². The van der Waals surface area contributed by atoms with Crippen LogP contribution in [-0.4, -0.2) is 48.4 Å². The lowest BCUT2D eigenvalue weighted by Gasteiger charge is -2.18. The summed E-state index contributed by atoms with van der Waals surface area (Å²) in [4.78, 5) is 34.6. The Kier molecular flexibility index (Phi) is 8.39. The maximum Gasteiger partial charge on any atom is 0.305 e. The summed E-state index contributed by atoms with van der Waals surface area (Å²) in [5.74, 6) is 1.88. The second kappa shape index (κ2) is 11.7. The van der Waals surface area contributed by atoms with E-state index in [1.807, 2.05) is 35.5 Å². The summed E-state index contributed by atoms with van der Waals surface area (Å²) in [5.41, 5.74) is 2.37. The van der Waals surface area contributed by atoms with Gasteiger partial charge in [-0.1, -0.05) is 19.1 Å². The Labute approximate surface area is 212 Å². The van der Waals surface area contributed by atoms with Crippen molar-refractivity contribution in [1.82, 2.24) is 29.3 Å². The number of carbonyl (C=O) groups excluding carboxylic acids is 1. The van der Waals surface area contributed by atoms with Crippen molar-refractivity contribution in [2.45, 2.75) is 39.2 Å². The van der Waals surface area contributed by atoms with Gasteiger partial charge < -0.3 is 15.4 Å². The molecule has 0 aliphatic rings. The molecule has 4 aromatic rings. The zero-order valence-electron chi connectivity index (χ0n) is 19.0. The summed E-state index contributed by atoms with van der Waals surface area (Å²) in [6, 6.07) is 7.72. The molecule has 1 unspecified atom stereocenters. The molecule has 178 valence electrons. The first kappa shape index (κ1) is 24.5. The van der Waals surface area contributed by atoms with E-state index in [1.54, 1.807) is 12.7 Å². The molecule has 10 nitrogen and oxygen atoms in total. The third-order valence-corrected chi connectivity index (χ3v) is 7.30. The molecule has 0 radical (unpaired) electrons. The Bertz CT molecular complexity index is 1280. The van der Waals surface area contributed by atoms with Gasteiger partial charge in [0.05, 0.1) is 24.5 Å². The molecule has 2 atom stereocenters. The van der Waals surface area contributed by atoms with E-state index in [9.17, 15) is 4.79 Å². The number of ether oxygens (including phenoxy) is 1. The average Bonchev–Trinajstić information content (AvgIpc) is 3.29. The van der Waals surface area contributed by atoms with Crippen LogP contribution in [0.2, 0.25) is 0 Å². The van der Waals surface area contributed by atoms with Gasteiger partial charge in [-0.3, -0.25) is 9.13 Å². The minimum Gasteiger partial charge on any atom is -0.466 e. The molecule has 2 N–H and O–H groups in total. The van der Waals surface area contributed by atoms with Crippen molar-refractivity contribution >= 4 is 68.1 Å². The van der Waals surface area contributed by atoms with Crippen molar-refractivity contribution in [3.8, 4) is 0 Å². The number of hydrogen-bond donors (Lipinski definition) is 2. The number of halogens is 1. The first-order valence-electron chi connectivity index (χ1n) is 11.1. The second-order valence-corrected chi connectivity index (χ2v) is 9.58. The van der Waals surface area contributed by atoms with E-state index in [4.69, 9.17) is 14.7 Å². The lowest BCUT2D eigenvalue weighted by Crippen LogP contribution is -2.16. The normalized spacial score (nSPS) is 12.4. The molecule has 34 heavy (non-hydrogen) atoms. The highest BCUT2D eigenvalue weighted by molar-refractivity contribution is 14.2. The predicted octanol–water partition coefficient (Wildman–Crippen LogP) is 4.88. The molecule has 0 saturated heterocycles. The van der Waals surface area contributed by atoms with Gasteiger partial charge in [0.2, 0.25) is 0 Å². The second-order valence-electron chi connectivity index (χ2n) is 7.48. The summed E-state index contributed by atoms with van der Waals surface area (Å²) >= 11 is 2.30. The van der Waals surface area contributed by atoms with Gasteiger partial charge in [0.15, 0.2) is 22.8 Å². The van der Waals surface area contributed by atoms with Crippen LogP contribution in [0.25, 0.3) is 22.1 Å². The number of benzene rings is 1. The number of nitrogens with zero attached hydrogens (tertiary/aromatic N) is 6. The number of esters is 1. The maximum atomic E-state index is 11.6. The van der Waals surface area contributed by atoms with Crippen LogP contribution < -0.4 is 10.6 Å². The highest BCUT2D eigenvalue weighted by atomic mass is 127. The largest absolute Gasteiger partial charge is 0.466 e. The van der Waals surface area contributed by atoms with Gasteiger partial charge in [-0.05, 0) is 53.9 Å². The third-order valence-electron chi connectivity index (χ3n) is 5.23. The van der Waals surface area contributed by atoms with Crippen LogP contribution in [0.3, 0.4) is 0 Å². The maximum absolute atomic E-state index is 11.6. The summed E-state index contributed by atoms with van der Waals surface area (Å²) in [5, 5.41) is 7.79. The molecule has 1 aromatic carbocycles. The van der Waals surface area contributed by atoms with E-state index in [2.05, 4.69) is 54.6 Å². The van der Waals surface area contributed by atoms with Crippen LogP contribution in [0, 0.1) is 0 Å². The Morgan fingerprint density at radius 3 is 2.82 bits per heavy atom. The number of imidazole rings is 1. The van der Waals surface area contributed by atoms with E-state index in [0.717, 1.165) is 34.3 Å². The summed E-state index contributed by atoms with van der Waals surface area (Å²) < 4.78 is 7.00. The number of hydrogen-bond acceptors (Lipinski definition) is 9. The van der Waals surface area contributed by atoms with Crippen LogP contribution >= 0.6 is 28.4 Å². The molecule has 0 saturated carbocycles. The van der Waals surface area contributed by atoms with E-state index in [0.29, 0.717) is 44.0 Å². The minimum atomic E-state index is -0.186. The molecule has 0 aliphatic carbocycles. The topological polar surface area (TPSA) is 120 Å². The predicted molar refractivity (Wildman–Crippen MR) is 144 cm³/mol. The van der Waals surface area contributed by atoms with Crippen LogP contribution in [0.4, 0.5) is 11.6 Å². The molecule has 0 bridgehead atoms. The fourth-order valence-corrected chi connectivity index (χ4v) is 4.98. The standard InChI is InChI=1S/C22H26IN8O2P/c1-3-15(28-21-18-22(26-12-25-21)31(34-23)13-27-18)20-29-16-9-6-5-8-14(16)19(30-20)24-11-7-10-17(32)33-4-2/h5-6,8-9,12-13,15,34H,3-4,7,10-11H2,1-2H3,(H,24,29,30)(H,25,26,28)/t15-/m0/s1. The molecule has 0 spiro atoms. The van der Waals surface area contributed by atoms with Gasteiger partial charge in [0, 0.05) is 18.4 Å². The highest BCUT2D eigenvalue weighted by Gasteiger charge is 2.19. The van der Waals surface area contributed by atoms with Crippen molar-refractivity contribution in [3.05, 3.63) is 42.7 Å². The average molecular weight is 592 g/mol. The molecular weight excluding hydrogens is 566 g/mol. The molecule has 12 heteroatoms. The molecule has 0 aliphatic heterocycles. The first-order valence-corrected chi connectivity index (χ1v) is 15.2. The third kappa shape index (κ3) is 5.52. The fraction of sp³-hybridized carbons (Fsp3) is 0.364. The van der Waals surface area contributed by atoms with Gasteiger partial charge in [0.25, 0.3) is 0 Å². The van der Waals surface area contributed by atoms with Gasteiger partial charge >= 0.3 is 5.97 Å². The van der Waals surface area contributed by atoms with Crippen LogP contribution in [0.15, 0.2) is 36.9 Å². The number of nitrogens with one attached hydrogen (secondary N) is 2. The smallest absolute Gasteiger partial charge is 0.305 e. The van der Waals surface area contributed by atoms with Crippen LogP contribution in [0.5, 0.6) is 0 Å². The number of carbonyl (C=O) groups is 1. The number of anilines is 2. The number of para-hydroxylation sites is 1. The Morgan fingerprint density at radius 2 is 2.03 bits per heavy atom. The SMILES string of the molecule is CCOC(=O)CCCNc1nc([C@H](CC)Nc2ncnc3c2ncn3PI)nc2ccccc12. The van der Waals surface area contributed by atoms with Crippen molar-refractivity contribution in [3.63, 3.8) is 0 Å². The van der Waals surface area contributed by atoms with E-state index >= 15 is 0 Å². The summed E-state index contributed by atoms with van der Waals surface area (Å²) in [6.45, 7) is 4.89. The fourth-order valence-electron chi connectivity index (χ4n) is 3.57. The van der Waals surface area contributed by atoms with Gasteiger partial charge in [0.1, 0.15) is 18.5 Å². The van der Waals surface area contributed by atoms with Crippen molar-refractivity contribution in [2.24, 2.45) is 0 Å². The zero-order valence-corrected chi connectivity index (χ0v) is 22.1. The van der Waals surface area contributed by atoms with Gasteiger partial charge in [-0.15, -0.1) is 0 Å². The molecule has 4 rings (SSSR count). The van der Waals surface area contributed by atoms with Gasteiger partial charge in [-0.25, -0.2) is 24.9 Å². The number of fused-ring (bicyclic) bond motifs is 2. The molecule has 3 aromatic heterocycles. The van der Waals surface area contributed by atoms with Crippen LogP contribution in [-0.2, 0) is 9.53 Å². The van der Waals surface area contributed by atoms with Crippen molar-refractivity contribution in [2.75, 3.05) is 23.8 Å². The van der Waals surface area contributed by atoms with E-state index in [-0.39, 0.29) is 12.0 Å². The van der Waals surface area contributed by atoms with E-state index in [1.165, 1.54) is 0 Å². The molecule has 0 fully saturated rings. The van der Waals surface area contributed by atoms with Gasteiger partial charge in [-0.2, -0.15) is 0 Å². The Hall–Kier alpha value is -2.66. The van der Waals surface area contributed by atoms with Crippen LogP contribution in [0.1, 0.15) is 45.0 Å². The summed E-state index contributed by atoms with van der Waals surface area (Å²) in [6.07, 6.45) is 5.60. The van der Waals surface area contributed by atoms with E-state index < -0.39 is 0 Å². The molecule has 0 amide bonds. The quantitative estimate of drug-likeness (QED) is 0.109. The minimum absolute atomic E-state index is 0.171. The summed E-state index contributed by atoms with van der Waals surface area (Å²) in [7, 11) is 0. The van der Waals surface area contributed by atoms with Crippen molar-refractivity contribution in [1.29, 1.82) is 0 Å². The number of rotatable bonds is 11. The first-order chi connectivity index (χ1) is 16.6. The Balaban J connectivity index is 1.59. The molecule has 3 heterocycles. The lowest BCUT2D eigenvalue weighted by molar-refractivity contribution is -0.143. The lowest BCUT2D eigenvalue weighted by atomic mass is 10.1. The highest BCUT2D eigenvalue weighted by Crippen LogP contribution is 2.31.